The van der Waals surface area contributed by atoms with E-state index in [-0.39, 0.29) is 17.0 Å². The first-order chi connectivity index (χ1) is 14.6. The highest BCUT2D eigenvalue weighted by atomic mass is 32.2. The Bertz CT molecular complexity index is 890. The molecule has 1 saturated carbocycles. The first-order valence-corrected chi connectivity index (χ1v) is 11.8. The molecule has 0 saturated heterocycles. The normalized spacial score (nSPS) is 20.4. The monoisotopic (exact) mass is 431 g/mol. The van der Waals surface area contributed by atoms with Gasteiger partial charge in [-0.2, -0.15) is 0 Å². The largest absolute Gasteiger partial charge is 0.454 e. The molecule has 5 nitrogen and oxygen atoms in total. The fourth-order valence-electron chi connectivity index (χ4n) is 3.71. The van der Waals surface area contributed by atoms with Crippen LogP contribution in [0.5, 0.6) is 11.5 Å². The van der Waals surface area contributed by atoms with Gasteiger partial charge in [-0.05, 0) is 37.5 Å². The molecule has 0 aliphatic heterocycles. The molecule has 2 N–H and O–H groups in total. The first-order valence-electron chi connectivity index (χ1n) is 10.4. The SMILES string of the molecule is CCS(=O)C1CCCC(NC(=NC)NCc2ccccc2Oc2ccccc2F)C1. The van der Waals surface area contributed by atoms with Crippen LogP contribution in [0.3, 0.4) is 0 Å². The van der Waals surface area contributed by atoms with Gasteiger partial charge in [0.15, 0.2) is 17.5 Å². The molecule has 3 rings (SSSR count). The summed E-state index contributed by atoms with van der Waals surface area (Å²) in [6, 6.07) is 14.2. The van der Waals surface area contributed by atoms with Gasteiger partial charge in [0.05, 0.1) is 0 Å². The van der Waals surface area contributed by atoms with E-state index in [4.69, 9.17) is 4.74 Å². The lowest BCUT2D eigenvalue weighted by Gasteiger charge is -2.30. The lowest BCUT2D eigenvalue weighted by atomic mass is 9.95. The molecule has 2 aromatic carbocycles. The zero-order valence-electron chi connectivity index (χ0n) is 17.6. The van der Waals surface area contributed by atoms with Crippen molar-refractivity contribution >= 4 is 16.8 Å². The lowest BCUT2D eigenvalue weighted by molar-refractivity contribution is 0.413. The van der Waals surface area contributed by atoms with Gasteiger partial charge in [0, 0.05) is 47.0 Å². The Morgan fingerprint density at radius 1 is 1.17 bits per heavy atom. The fourth-order valence-corrected chi connectivity index (χ4v) is 5.06. The molecule has 0 bridgehead atoms. The number of hydrogen-bond acceptors (Lipinski definition) is 3. The van der Waals surface area contributed by atoms with Crippen LogP contribution in [0.2, 0.25) is 0 Å². The van der Waals surface area contributed by atoms with Gasteiger partial charge in [0.2, 0.25) is 0 Å². The van der Waals surface area contributed by atoms with Gasteiger partial charge in [-0.25, -0.2) is 4.39 Å². The van der Waals surface area contributed by atoms with E-state index in [9.17, 15) is 8.60 Å². The summed E-state index contributed by atoms with van der Waals surface area (Å²) < 4.78 is 31.9. The van der Waals surface area contributed by atoms with Crippen LogP contribution in [0, 0.1) is 5.82 Å². The van der Waals surface area contributed by atoms with E-state index < -0.39 is 16.6 Å². The second-order valence-electron chi connectivity index (χ2n) is 7.37. The number of halogens is 1. The number of hydrogen-bond donors (Lipinski definition) is 2. The summed E-state index contributed by atoms with van der Waals surface area (Å²) in [4.78, 5) is 4.33. The number of benzene rings is 2. The summed E-state index contributed by atoms with van der Waals surface area (Å²) >= 11 is 0. The Morgan fingerprint density at radius 2 is 1.90 bits per heavy atom. The van der Waals surface area contributed by atoms with Crippen LogP contribution >= 0.6 is 0 Å². The molecule has 30 heavy (non-hydrogen) atoms. The number of aliphatic imine (C=N–C) groups is 1. The number of nitrogens with zero attached hydrogens (tertiary/aromatic N) is 1. The summed E-state index contributed by atoms with van der Waals surface area (Å²) in [5.41, 5.74) is 0.900. The molecule has 0 heterocycles. The van der Waals surface area contributed by atoms with Crippen LogP contribution in [0.1, 0.15) is 38.2 Å². The molecule has 1 fully saturated rings. The summed E-state index contributed by atoms with van der Waals surface area (Å²) in [5.74, 6) is 1.81. The van der Waals surface area contributed by atoms with Gasteiger partial charge in [-0.15, -0.1) is 0 Å². The van der Waals surface area contributed by atoms with Crippen LogP contribution in [-0.2, 0) is 17.3 Å². The van der Waals surface area contributed by atoms with E-state index in [1.807, 2.05) is 31.2 Å². The highest BCUT2D eigenvalue weighted by Gasteiger charge is 2.26. The van der Waals surface area contributed by atoms with Gasteiger partial charge in [-0.1, -0.05) is 43.7 Å². The third kappa shape index (κ3) is 6.05. The third-order valence-electron chi connectivity index (χ3n) is 5.32. The van der Waals surface area contributed by atoms with Crippen molar-refractivity contribution < 1.29 is 13.3 Å². The molecule has 7 heteroatoms. The quantitative estimate of drug-likeness (QED) is 0.505. The minimum atomic E-state index is -0.756. The van der Waals surface area contributed by atoms with E-state index in [0.29, 0.717) is 24.0 Å². The van der Waals surface area contributed by atoms with E-state index in [0.717, 1.165) is 31.2 Å². The summed E-state index contributed by atoms with van der Waals surface area (Å²) in [7, 11) is 0.981. The minimum Gasteiger partial charge on any atom is -0.454 e. The second kappa shape index (κ2) is 11.1. The van der Waals surface area contributed by atoms with Gasteiger partial charge in [0.1, 0.15) is 5.75 Å². The molecular formula is C23H30FN3O2S. The number of rotatable bonds is 7. The van der Waals surface area contributed by atoms with E-state index >= 15 is 0 Å². The predicted molar refractivity (Wildman–Crippen MR) is 121 cm³/mol. The van der Waals surface area contributed by atoms with Crippen molar-refractivity contribution in [3.63, 3.8) is 0 Å². The van der Waals surface area contributed by atoms with E-state index in [1.165, 1.54) is 6.07 Å². The van der Waals surface area contributed by atoms with Crippen molar-refractivity contribution in [3.05, 3.63) is 59.9 Å². The van der Waals surface area contributed by atoms with E-state index in [1.54, 1.807) is 25.2 Å². The number of para-hydroxylation sites is 2. The zero-order chi connectivity index (χ0) is 21.3. The molecule has 1 aliphatic rings. The molecule has 0 spiro atoms. The van der Waals surface area contributed by atoms with Crippen molar-refractivity contribution in [3.8, 4) is 11.5 Å². The molecule has 162 valence electrons. The average molecular weight is 432 g/mol. The molecular weight excluding hydrogens is 401 g/mol. The smallest absolute Gasteiger partial charge is 0.191 e. The molecule has 3 unspecified atom stereocenters. The van der Waals surface area contributed by atoms with Crippen molar-refractivity contribution in [1.82, 2.24) is 10.6 Å². The van der Waals surface area contributed by atoms with Crippen LogP contribution < -0.4 is 15.4 Å². The zero-order valence-corrected chi connectivity index (χ0v) is 18.4. The second-order valence-corrected chi connectivity index (χ2v) is 9.37. The van der Waals surface area contributed by atoms with Crippen LogP contribution in [0.4, 0.5) is 4.39 Å². The maximum atomic E-state index is 14.0. The van der Waals surface area contributed by atoms with Crippen LogP contribution in [0.15, 0.2) is 53.5 Å². The molecule has 0 radical (unpaired) electrons. The van der Waals surface area contributed by atoms with E-state index in [2.05, 4.69) is 15.6 Å². The minimum absolute atomic E-state index is 0.199. The lowest BCUT2D eigenvalue weighted by Crippen LogP contribution is -2.46. The first kappa shape index (κ1) is 22.3. The number of guanidine groups is 1. The fraction of sp³-hybridized carbons (Fsp3) is 0.435. The van der Waals surface area contributed by atoms with Crippen molar-refractivity contribution in [2.45, 2.75) is 50.4 Å². The summed E-state index contributed by atoms with van der Waals surface area (Å²) in [6.45, 7) is 2.47. The molecule has 3 atom stereocenters. The Balaban J connectivity index is 1.60. The van der Waals surface area contributed by atoms with Gasteiger partial charge < -0.3 is 15.4 Å². The number of ether oxygens (including phenoxy) is 1. The topological polar surface area (TPSA) is 62.7 Å². The maximum absolute atomic E-state index is 14.0. The van der Waals surface area contributed by atoms with Gasteiger partial charge in [0.25, 0.3) is 0 Å². The highest BCUT2D eigenvalue weighted by Crippen LogP contribution is 2.27. The summed E-state index contributed by atoms with van der Waals surface area (Å²) in [6.07, 6.45) is 4.05. The Morgan fingerprint density at radius 3 is 2.63 bits per heavy atom. The molecule has 1 aliphatic carbocycles. The third-order valence-corrected chi connectivity index (χ3v) is 7.06. The van der Waals surface area contributed by atoms with Crippen molar-refractivity contribution in [1.29, 1.82) is 0 Å². The highest BCUT2D eigenvalue weighted by molar-refractivity contribution is 7.85. The van der Waals surface area contributed by atoms with Crippen molar-refractivity contribution in [2.75, 3.05) is 12.8 Å². The molecule has 0 amide bonds. The Kier molecular flexibility index (Phi) is 8.25. The number of nitrogens with one attached hydrogen (secondary N) is 2. The van der Waals surface area contributed by atoms with Crippen LogP contribution in [-0.4, -0.2) is 34.3 Å². The average Bonchev–Trinajstić information content (AvgIpc) is 2.78. The predicted octanol–water partition coefficient (Wildman–Crippen LogP) is 4.36. The Labute approximate surface area is 180 Å². The summed E-state index contributed by atoms with van der Waals surface area (Å²) in [5, 5.41) is 7.05. The Hall–Kier alpha value is -2.41. The molecule has 2 aromatic rings. The van der Waals surface area contributed by atoms with Gasteiger partial charge in [-0.3, -0.25) is 9.20 Å². The molecule has 0 aromatic heterocycles. The van der Waals surface area contributed by atoms with Gasteiger partial charge >= 0.3 is 0 Å². The van der Waals surface area contributed by atoms with Crippen molar-refractivity contribution in [2.24, 2.45) is 4.99 Å². The van der Waals surface area contributed by atoms with Crippen LogP contribution in [0.25, 0.3) is 0 Å². The standard InChI is InChI=1S/C23H30FN3O2S/c1-3-30(28)19-11-8-10-18(15-19)27-23(25-2)26-16-17-9-4-6-13-21(17)29-22-14-7-5-12-20(22)24/h4-7,9,12-14,18-19H,3,8,10-11,15-16H2,1-2H3,(H2,25,26,27). The maximum Gasteiger partial charge on any atom is 0.191 e.